The van der Waals surface area contributed by atoms with Crippen LogP contribution < -0.4 is 10.0 Å². The van der Waals surface area contributed by atoms with Crippen molar-refractivity contribution in [3.8, 4) is 0 Å². The molecule has 2 aromatic rings. The van der Waals surface area contributed by atoms with Crippen molar-refractivity contribution in [3.63, 3.8) is 0 Å². The molecule has 0 aliphatic heterocycles. The van der Waals surface area contributed by atoms with Crippen LogP contribution >= 0.6 is 22.9 Å². The molecule has 1 saturated carbocycles. The molecule has 2 N–H and O–H groups in total. The fourth-order valence-corrected chi connectivity index (χ4v) is 5.33. The van der Waals surface area contributed by atoms with Crippen LogP contribution in [-0.2, 0) is 10.0 Å². The third-order valence-electron chi connectivity index (χ3n) is 4.72. The average molecular weight is 433 g/mol. The van der Waals surface area contributed by atoms with E-state index in [-0.39, 0.29) is 16.9 Å². The van der Waals surface area contributed by atoms with Gasteiger partial charge in [0, 0.05) is 17.5 Å². The molecule has 3 rings (SSSR count). The number of thiazole rings is 1. The lowest BCUT2D eigenvalue weighted by Crippen LogP contribution is -2.45. The first-order valence-corrected chi connectivity index (χ1v) is 11.4. The fraction of sp³-hybridized carbons (Fsp3) is 0.471. The molecule has 0 radical (unpaired) electrons. The molecule has 1 heterocycles. The number of sulfonamides is 1. The number of nitrogens with one attached hydrogen (secondary N) is 2. The lowest BCUT2D eigenvalue weighted by Gasteiger charge is -2.37. The van der Waals surface area contributed by atoms with E-state index < -0.39 is 20.7 Å². The maximum absolute atomic E-state index is 14.6. The van der Waals surface area contributed by atoms with Crippen molar-refractivity contribution in [2.24, 2.45) is 0 Å². The lowest BCUT2D eigenvalue weighted by molar-refractivity contribution is 0.211. The molecule has 1 aromatic carbocycles. The van der Waals surface area contributed by atoms with E-state index in [0.717, 1.165) is 37.8 Å². The first-order chi connectivity index (χ1) is 12.8. The first-order valence-electron chi connectivity index (χ1n) is 8.61. The molecular formula is C17H22ClFN4O2S2. The molecule has 0 saturated heterocycles. The summed E-state index contributed by atoms with van der Waals surface area (Å²) in [5.41, 5.74) is 1.89. The zero-order valence-electron chi connectivity index (χ0n) is 15.1. The molecular weight excluding hydrogens is 411 g/mol. The number of hydrogen-bond donors (Lipinski definition) is 2. The highest BCUT2D eigenvalue weighted by molar-refractivity contribution is 7.92. The summed E-state index contributed by atoms with van der Waals surface area (Å²) in [6.45, 7) is 0. The molecule has 0 bridgehead atoms. The van der Waals surface area contributed by atoms with Crippen LogP contribution in [0.15, 0.2) is 27.9 Å². The maximum Gasteiger partial charge on any atom is 0.266 e. The van der Waals surface area contributed by atoms with Crippen molar-refractivity contribution < 1.29 is 12.8 Å². The highest BCUT2D eigenvalue weighted by Crippen LogP contribution is 2.32. The fourth-order valence-electron chi connectivity index (χ4n) is 3.40. The summed E-state index contributed by atoms with van der Waals surface area (Å²) in [4.78, 5) is 5.50. The predicted molar refractivity (Wildman–Crippen MR) is 108 cm³/mol. The standard InChI is InChI=1S/C17H22ClFN4O2S2/c1-23(2)15-6-4-3-5-13(15)21-14-8-12(19)16(7-11(14)18)27(24,25)22-17-9-26-10-20-17/h7-10,13,15,21-22H,3-6H2,1-2H3/t13-,15-/m0/s1. The Morgan fingerprint density at radius 3 is 2.70 bits per heavy atom. The van der Waals surface area contributed by atoms with Crippen molar-refractivity contribution in [3.05, 3.63) is 33.9 Å². The van der Waals surface area contributed by atoms with E-state index in [9.17, 15) is 12.8 Å². The van der Waals surface area contributed by atoms with Crippen LogP contribution in [0.3, 0.4) is 0 Å². The molecule has 1 fully saturated rings. The second-order valence-electron chi connectivity index (χ2n) is 6.81. The Balaban J connectivity index is 1.84. The van der Waals surface area contributed by atoms with Crippen LogP contribution in [0.2, 0.25) is 5.02 Å². The van der Waals surface area contributed by atoms with Crippen LogP contribution in [0.25, 0.3) is 0 Å². The summed E-state index contributed by atoms with van der Waals surface area (Å²) in [5.74, 6) is -0.712. The van der Waals surface area contributed by atoms with Crippen molar-refractivity contribution >= 4 is 44.5 Å². The lowest BCUT2D eigenvalue weighted by atomic mass is 9.89. The summed E-state index contributed by atoms with van der Waals surface area (Å²) >= 11 is 7.52. The molecule has 1 aliphatic carbocycles. The monoisotopic (exact) mass is 432 g/mol. The number of anilines is 2. The van der Waals surface area contributed by atoms with E-state index in [4.69, 9.17) is 11.6 Å². The molecule has 148 valence electrons. The van der Waals surface area contributed by atoms with E-state index in [1.165, 1.54) is 22.2 Å². The summed E-state index contributed by atoms with van der Waals surface area (Å²) in [7, 11) is -0.0707. The molecule has 1 aliphatic rings. The van der Waals surface area contributed by atoms with Gasteiger partial charge in [-0.3, -0.25) is 4.72 Å². The number of likely N-dealkylation sites (N-methyl/N-ethyl adjacent to an activating group) is 1. The van der Waals surface area contributed by atoms with Gasteiger partial charge >= 0.3 is 0 Å². The highest BCUT2D eigenvalue weighted by Gasteiger charge is 2.28. The number of rotatable bonds is 6. The number of halogens is 2. The largest absolute Gasteiger partial charge is 0.379 e. The van der Waals surface area contributed by atoms with Crippen LogP contribution in [0.5, 0.6) is 0 Å². The third-order valence-corrected chi connectivity index (χ3v) is 6.98. The van der Waals surface area contributed by atoms with Gasteiger partial charge in [0.1, 0.15) is 10.7 Å². The summed E-state index contributed by atoms with van der Waals surface area (Å²) in [6, 6.07) is 2.73. The molecule has 27 heavy (non-hydrogen) atoms. The number of benzene rings is 1. The van der Waals surface area contributed by atoms with Gasteiger partial charge in [0.2, 0.25) is 0 Å². The molecule has 0 spiro atoms. The van der Waals surface area contributed by atoms with Gasteiger partial charge in [-0.25, -0.2) is 17.8 Å². The Kier molecular flexibility index (Phi) is 6.25. The van der Waals surface area contributed by atoms with E-state index >= 15 is 0 Å². The average Bonchev–Trinajstić information content (AvgIpc) is 3.10. The second kappa shape index (κ2) is 8.30. The zero-order chi connectivity index (χ0) is 19.6. The Morgan fingerprint density at radius 1 is 1.30 bits per heavy atom. The molecule has 1 aromatic heterocycles. The zero-order valence-corrected chi connectivity index (χ0v) is 17.5. The Morgan fingerprint density at radius 2 is 2.04 bits per heavy atom. The third kappa shape index (κ3) is 4.71. The number of hydrogen-bond acceptors (Lipinski definition) is 6. The second-order valence-corrected chi connectivity index (χ2v) is 9.58. The minimum atomic E-state index is -4.11. The summed E-state index contributed by atoms with van der Waals surface area (Å²) in [6.07, 6.45) is 4.25. The number of nitrogens with zero attached hydrogens (tertiary/aromatic N) is 2. The van der Waals surface area contributed by atoms with E-state index in [1.807, 2.05) is 14.1 Å². The van der Waals surface area contributed by atoms with Gasteiger partial charge in [-0.2, -0.15) is 0 Å². The smallest absolute Gasteiger partial charge is 0.266 e. The molecule has 0 amide bonds. The van der Waals surface area contributed by atoms with Crippen molar-refractivity contribution in [1.82, 2.24) is 9.88 Å². The van der Waals surface area contributed by atoms with Crippen molar-refractivity contribution in [2.45, 2.75) is 42.7 Å². The number of aromatic nitrogens is 1. The molecule has 10 heteroatoms. The Labute approximate surface area is 167 Å². The Hall–Kier alpha value is -1.42. The molecule has 0 unspecified atom stereocenters. The topological polar surface area (TPSA) is 74.3 Å². The minimum Gasteiger partial charge on any atom is -0.379 e. The Bertz CT molecular complexity index is 891. The van der Waals surface area contributed by atoms with Crippen LogP contribution in [0.4, 0.5) is 15.9 Å². The highest BCUT2D eigenvalue weighted by atomic mass is 35.5. The SMILES string of the molecule is CN(C)[C@H]1CCCC[C@@H]1Nc1cc(F)c(S(=O)(=O)Nc2cscn2)cc1Cl. The van der Waals surface area contributed by atoms with Gasteiger partial charge in [0.15, 0.2) is 5.82 Å². The summed E-state index contributed by atoms with van der Waals surface area (Å²) < 4.78 is 41.8. The summed E-state index contributed by atoms with van der Waals surface area (Å²) in [5, 5.41) is 5.00. The van der Waals surface area contributed by atoms with Crippen molar-refractivity contribution in [2.75, 3.05) is 24.1 Å². The van der Waals surface area contributed by atoms with E-state index in [1.54, 1.807) is 0 Å². The minimum absolute atomic E-state index is 0.126. The van der Waals surface area contributed by atoms with Gasteiger partial charge in [0.25, 0.3) is 10.0 Å². The van der Waals surface area contributed by atoms with Gasteiger partial charge in [-0.05, 0) is 39.1 Å². The molecule has 2 atom stereocenters. The van der Waals surface area contributed by atoms with Crippen molar-refractivity contribution in [1.29, 1.82) is 0 Å². The van der Waals surface area contributed by atoms with Crippen LogP contribution in [-0.4, -0.2) is 44.5 Å². The van der Waals surface area contributed by atoms with E-state index in [2.05, 4.69) is 19.9 Å². The van der Waals surface area contributed by atoms with Gasteiger partial charge in [-0.15, -0.1) is 11.3 Å². The predicted octanol–water partition coefficient (Wildman–Crippen LogP) is 4.02. The van der Waals surface area contributed by atoms with Crippen LogP contribution in [0, 0.1) is 5.82 Å². The normalized spacial score (nSPS) is 20.6. The van der Waals surface area contributed by atoms with E-state index in [0.29, 0.717) is 11.7 Å². The molecule has 6 nitrogen and oxygen atoms in total. The van der Waals surface area contributed by atoms with Gasteiger partial charge < -0.3 is 10.2 Å². The first kappa shape index (κ1) is 20.3. The van der Waals surface area contributed by atoms with Gasteiger partial charge in [0.05, 0.1) is 16.2 Å². The van der Waals surface area contributed by atoms with Crippen LogP contribution in [0.1, 0.15) is 25.7 Å². The maximum atomic E-state index is 14.6. The van der Waals surface area contributed by atoms with Gasteiger partial charge in [-0.1, -0.05) is 24.4 Å². The quantitative estimate of drug-likeness (QED) is 0.721.